The van der Waals surface area contributed by atoms with E-state index in [2.05, 4.69) is 31.2 Å². The van der Waals surface area contributed by atoms with Crippen molar-refractivity contribution >= 4 is 0 Å². The van der Waals surface area contributed by atoms with Gasteiger partial charge in [0.15, 0.2) is 0 Å². The Morgan fingerprint density at radius 3 is 2.85 bits per heavy atom. The molecule has 0 saturated carbocycles. The highest BCUT2D eigenvalue weighted by Gasteiger charge is 2.03. The first-order valence-electron chi connectivity index (χ1n) is 5.38. The molecule has 0 spiro atoms. The second-order valence-corrected chi connectivity index (χ2v) is 3.52. The van der Waals surface area contributed by atoms with Gasteiger partial charge in [0.1, 0.15) is 0 Å². The summed E-state index contributed by atoms with van der Waals surface area (Å²) in [6.07, 6.45) is 15.0. The third-order valence-electron chi connectivity index (χ3n) is 2.27. The van der Waals surface area contributed by atoms with Crippen LogP contribution >= 0.6 is 0 Å². The van der Waals surface area contributed by atoms with Gasteiger partial charge in [-0.1, -0.05) is 50.5 Å². The number of hydrogen-bond acceptors (Lipinski definition) is 1. The van der Waals surface area contributed by atoms with Crippen molar-refractivity contribution in [3.05, 3.63) is 24.3 Å². The Morgan fingerprint density at radius 2 is 2.15 bits per heavy atom. The van der Waals surface area contributed by atoms with Crippen LogP contribution in [0.25, 0.3) is 0 Å². The summed E-state index contributed by atoms with van der Waals surface area (Å²) in [5.41, 5.74) is 0. The molecule has 1 atom stereocenters. The normalized spacial score (nSPS) is 20.8. The molecule has 1 heteroatoms. The smallest absolute Gasteiger partial charge is 0.0793 e. The maximum atomic E-state index is 5.69. The molecule has 0 aromatic rings. The molecule has 1 nitrogen and oxygen atoms in total. The maximum absolute atomic E-state index is 5.69. The van der Waals surface area contributed by atoms with Crippen LogP contribution < -0.4 is 0 Å². The van der Waals surface area contributed by atoms with Crippen molar-refractivity contribution in [2.75, 3.05) is 6.61 Å². The standard InChI is InChI=1S/C12H20O/c1-2-3-4-8-11-13-12-9-6-5-7-10-12/h5-7,9,12H,2-4,8,10-11H2,1H3. The first kappa shape index (κ1) is 10.5. The van der Waals surface area contributed by atoms with Crippen molar-refractivity contribution in [1.29, 1.82) is 0 Å². The van der Waals surface area contributed by atoms with Gasteiger partial charge in [0, 0.05) is 6.61 Å². The van der Waals surface area contributed by atoms with Gasteiger partial charge < -0.3 is 4.74 Å². The van der Waals surface area contributed by atoms with Crippen molar-refractivity contribution in [2.24, 2.45) is 0 Å². The van der Waals surface area contributed by atoms with E-state index >= 15 is 0 Å². The molecule has 1 aliphatic carbocycles. The third-order valence-corrected chi connectivity index (χ3v) is 2.27. The highest BCUT2D eigenvalue weighted by Crippen LogP contribution is 2.08. The summed E-state index contributed by atoms with van der Waals surface area (Å²) in [6, 6.07) is 0. The molecular formula is C12H20O. The van der Waals surface area contributed by atoms with E-state index in [1.807, 2.05) is 0 Å². The zero-order chi connectivity index (χ0) is 9.36. The van der Waals surface area contributed by atoms with E-state index in [4.69, 9.17) is 4.74 Å². The first-order valence-corrected chi connectivity index (χ1v) is 5.38. The lowest BCUT2D eigenvalue weighted by atomic mass is 10.1. The third kappa shape index (κ3) is 4.89. The average Bonchev–Trinajstić information content (AvgIpc) is 2.19. The fourth-order valence-corrected chi connectivity index (χ4v) is 1.45. The quantitative estimate of drug-likeness (QED) is 0.569. The van der Waals surface area contributed by atoms with Crippen LogP contribution in [0.15, 0.2) is 24.3 Å². The topological polar surface area (TPSA) is 9.23 Å². The zero-order valence-electron chi connectivity index (χ0n) is 8.54. The zero-order valence-corrected chi connectivity index (χ0v) is 8.54. The minimum absolute atomic E-state index is 0.339. The van der Waals surface area contributed by atoms with E-state index in [-0.39, 0.29) is 0 Å². The van der Waals surface area contributed by atoms with Gasteiger partial charge in [-0.2, -0.15) is 0 Å². The van der Waals surface area contributed by atoms with Crippen LogP contribution in [0.1, 0.15) is 39.0 Å². The second kappa shape index (κ2) is 6.90. The van der Waals surface area contributed by atoms with Crippen LogP contribution in [0.5, 0.6) is 0 Å². The molecule has 74 valence electrons. The van der Waals surface area contributed by atoms with Crippen LogP contribution in [-0.2, 0) is 4.74 Å². The molecule has 0 aromatic carbocycles. The van der Waals surface area contributed by atoms with Crippen molar-refractivity contribution < 1.29 is 4.74 Å². The van der Waals surface area contributed by atoms with Gasteiger partial charge in [0.2, 0.25) is 0 Å². The van der Waals surface area contributed by atoms with Gasteiger partial charge in [-0.05, 0) is 12.8 Å². The Morgan fingerprint density at radius 1 is 1.23 bits per heavy atom. The Kier molecular flexibility index (Phi) is 5.59. The summed E-state index contributed by atoms with van der Waals surface area (Å²) in [5.74, 6) is 0. The van der Waals surface area contributed by atoms with Gasteiger partial charge in [-0.25, -0.2) is 0 Å². The van der Waals surface area contributed by atoms with Crippen LogP contribution in [0.3, 0.4) is 0 Å². The fraction of sp³-hybridized carbons (Fsp3) is 0.667. The molecule has 1 aliphatic rings. The van der Waals surface area contributed by atoms with Gasteiger partial charge >= 0.3 is 0 Å². The second-order valence-electron chi connectivity index (χ2n) is 3.52. The maximum Gasteiger partial charge on any atom is 0.0793 e. The van der Waals surface area contributed by atoms with Gasteiger partial charge in [-0.3, -0.25) is 0 Å². The molecule has 0 aromatic heterocycles. The van der Waals surface area contributed by atoms with E-state index in [0.717, 1.165) is 13.0 Å². The van der Waals surface area contributed by atoms with Crippen molar-refractivity contribution in [2.45, 2.75) is 45.1 Å². The number of ether oxygens (including phenoxy) is 1. The Bertz CT molecular complexity index is 170. The molecule has 1 rings (SSSR count). The molecule has 1 unspecified atom stereocenters. The van der Waals surface area contributed by atoms with Gasteiger partial charge in [0.05, 0.1) is 6.10 Å². The molecular weight excluding hydrogens is 160 g/mol. The fourth-order valence-electron chi connectivity index (χ4n) is 1.45. The Balaban J connectivity index is 1.93. The highest BCUT2D eigenvalue weighted by molar-refractivity contribution is 5.11. The summed E-state index contributed by atoms with van der Waals surface area (Å²) >= 11 is 0. The molecule has 0 heterocycles. The predicted molar refractivity (Wildman–Crippen MR) is 56.8 cm³/mol. The lowest BCUT2D eigenvalue weighted by molar-refractivity contribution is 0.0832. The van der Waals surface area contributed by atoms with Crippen LogP contribution in [-0.4, -0.2) is 12.7 Å². The molecule has 13 heavy (non-hydrogen) atoms. The lowest BCUT2D eigenvalue weighted by Gasteiger charge is -2.13. The largest absolute Gasteiger partial charge is 0.374 e. The Hall–Kier alpha value is -0.560. The van der Waals surface area contributed by atoms with E-state index in [9.17, 15) is 0 Å². The summed E-state index contributed by atoms with van der Waals surface area (Å²) in [7, 11) is 0. The van der Waals surface area contributed by atoms with Crippen LogP contribution in [0.4, 0.5) is 0 Å². The summed E-state index contributed by atoms with van der Waals surface area (Å²) in [6.45, 7) is 3.15. The van der Waals surface area contributed by atoms with E-state index in [1.165, 1.54) is 25.7 Å². The Labute approximate surface area is 81.5 Å². The molecule has 0 saturated heterocycles. The molecule has 0 aliphatic heterocycles. The van der Waals surface area contributed by atoms with Crippen LogP contribution in [0, 0.1) is 0 Å². The van der Waals surface area contributed by atoms with Crippen LogP contribution in [0.2, 0.25) is 0 Å². The number of rotatable bonds is 6. The highest BCUT2D eigenvalue weighted by atomic mass is 16.5. The predicted octanol–water partition coefficient (Wildman–Crippen LogP) is 3.47. The van der Waals surface area contributed by atoms with E-state index in [1.54, 1.807) is 0 Å². The summed E-state index contributed by atoms with van der Waals surface area (Å²) in [4.78, 5) is 0. The lowest BCUT2D eigenvalue weighted by Crippen LogP contribution is -2.11. The first-order chi connectivity index (χ1) is 6.43. The molecule has 0 N–H and O–H groups in total. The summed E-state index contributed by atoms with van der Waals surface area (Å²) < 4.78 is 5.69. The molecule has 0 fully saturated rings. The number of unbranched alkanes of at least 4 members (excludes halogenated alkanes) is 3. The van der Waals surface area contributed by atoms with E-state index < -0.39 is 0 Å². The molecule has 0 radical (unpaired) electrons. The van der Waals surface area contributed by atoms with Crippen molar-refractivity contribution in [3.63, 3.8) is 0 Å². The SMILES string of the molecule is CCCCCCOC1C=CC=CC1. The average molecular weight is 180 g/mol. The van der Waals surface area contributed by atoms with Gasteiger partial charge in [-0.15, -0.1) is 0 Å². The monoisotopic (exact) mass is 180 g/mol. The van der Waals surface area contributed by atoms with E-state index in [0.29, 0.717) is 6.10 Å². The van der Waals surface area contributed by atoms with Crippen molar-refractivity contribution in [3.8, 4) is 0 Å². The number of allylic oxidation sites excluding steroid dienone is 2. The minimum Gasteiger partial charge on any atom is -0.374 e. The van der Waals surface area contributed by atoms with Gasteiger partial charge in [0.25, 0.3) is 0 Å². The molecule has 0 amide bonds. The summed E-state index contributed by atoms with van der Waals surface area (Å²) in [5, 5.41) is 0. The number of hydrogen-bond donors (Lipinski definition) is 0. The molecule has 0 bridgehead atoms. The van der Waals surface area contributed by atoms with Crippen molar-refractivity contribution in [1.82, 2.24) is 0 Å². The minimum atomic E-state index is 0.339.